The number of aromatic nitrogens is 2. The number of alkyl halides is 1. The second-order valence-electron chi connectivity index (χ2n) is 4.43. The Morgan fingerprint density at radius 1 is 1.37 bits per heavy atom. The van der Waals surface area contributed by atoms with Crippen molar-refractivity contribution in [3.05, 3.63) is 34.9 Å². The molecule has 0 saturated carbocycles. The number of H-pyrrole nitrogens is 1. The van der Waals surface area contributed by atoms with E-state index >= 15 is 0 Å². The normalized spacial score (nSPS) is 19.2. The van der Waals surface area contributed by atoms with Crippen LogP contribution in [-0.2, 0) is 4.79 Å². The van der Waals surface area contributed by atoms with E-state index in [1.54, 1.807) is 11.1 Å². The molecule has 0 radical (unpaired) electrons. The third kappa shape index (κ3) is 2.53. The van der Waals surface area contributed by atoms with Gasteiger partial charge in [-0.15, -0.1) is 11.6 Å². The van der Waals surface area contributed by atoms with E-state index in [0.717, 1.165) is 15.7 Å². The second kappa shape index (κ2) is 4.98. The highest BCUT2D eigenvalue weighted by molar-refractivity contribution is 9.10. The van der Waals surface area contributed by atoms with E-state index in [1.165, 1.54) is 0 Å². The van der Waals surface area contributed by atoms with Crippen LogP contribution in [0.1, 0.15) is 6.42 Å². The van der Waals surface area contributed by atoms with Crippen LogP contribution in [-0.4, -0.2) is 27.8 Å². The summed E-state index contributed by atoms with van der Waals surface area (Å²) >= 11 is 9.38. The molecular formula is C13H11BrClN3O. The van der Waals surface area contributed by atoms with Crippen LogP contribution in [0.3, 0.4) is 0 Å². The summed E-state index contributed by atoms with van der Waals surface area (Å²) in [6.07, 6.45) is 2.10. The number of rotatable bonds is 2. The van der Waals surface area contributed by atoms with Crippen molar-refractivity contribution in [1.29, 1.82) is 0 Å². The van der Waals surface area contributed by atoms with E-state index in [-0.39, 0.29) is 11.3 Å². The molecule has 6 heteroatoms. The second-order valence-corrected chi connectivity index (χ2v) is 5.97. The Morgan fingerprint density at radius 3 is 2.74 bits per heavy atom. The van der Waals surface area contributed by atoms with Gasteiger partial charge in [0.15, 0.2) is 0 Å². The molecule has 0 aliphatic carbocycles. The number of nitrogens with one attached hydrogen (secondary N) is 1. The van der Waals surface area contributed by atoms with Gasteiger partial charge in [-0.2, -0.15) is 0 Å². The Bertz CT molecular complexity index is 611. The Hall–Kier alpha value is -1.33. The van der Waals surface area contributed by atoms with Gasteiger partial charge in [0.2, 0.25) is 11.9 Å². The standard InChI is InChI=1S/C13H11BrClN3O/c14-9-3-1-8(2-4-9)11-6-16-13(17-11)18-7-10(15)5-12(18)19/h1-4,6,10H,5,7H2,(H,16,17). The van der Waals surface area contributed by atoms with Crippen LogP contribution < -0.4 is 4.90 Å². The lowest BCUT2D eigenvalue weighted by atomic mass is 10.2. The first-order valence-corrected chi connectivity index (χ1v) is 7.12. The van der Waals surface area contributed by atoms with Crippen molar-refractivity contribution in [1.82, 2.24) is 9.97 Å². The van der Waals surface area contributed by atoms with Gasteiger partial charge in [0, 0.05) is 17.4 Å². The zero-order chi connectivity index (χ0) is 13.4. The fourth-order valence-corrected chi connectivity index (χ4v) is 2.63. The molecular weight excluding hydrogens is 330 g/mol. The van der Waals surface area contributed by atoms with Gasteiger partial charge in [0.25, 0.3) is 0 Å². The summed E-state index contributed by atoms with van der Waals surface area (Å²) in [6.45, 7) is 0.508. The number of anilines is 1. The van der Waals surface area contributed by atoms with Crippen LogP contribution in [0.2, 0.25) is 0 Å². The fourth-order valence-electron chi connectivity index (χ4n) is 2.09. The molecule has 1 unspecified atom stereocenters. The molecule has 1 aliphatic rings. The zero-order valence-electron chi connectivity index (χ0n) is 9.94. The summed E-state index contributed by atoms with van der Waals surface area (Å²) < 4.78 is 1.02. The molecule has 1 atom stereocenters. The first kappa shape index (κ1) is 12.7. The van der Waals surface area contributed by atoms with Crippen LogP contribution in [0, 0.1) is 0 Å². The monoisotopic (exact) mass is 339 g/mol. The van der Waals surface area contributed by atoms with E-state index in [1.807, 2.05) is 24.3 Å². The number of aromatic amines is 1. The summed E-state index contributed by atoms with van der Waals surface area (Å²) in [4.78, 5) is 20.8. The van der Waals surface area contributed by atoms with Crippen molar-refractivity contribution in [3.63, 3.8) is 0 Å². The predicted molar refractivity (Wildman–Crippen MR) is 78.3 cm³/mol. The minimum absolute atomic E-state index is 0.0108. The largest absolute Gasteiger partial charge is 0.324 e. The third-order valence-corrected chi connectivity index (χ3v) is 3.87. The summed E-state index contributed by atoms with van der Waals surface area (Å²) in [7, 11) is 0. The molecule has 2 heterocycles. The number of amides is 1. The summed E-state index contributed by atoms with van der Waals surface area (Å²) in [5, 5.41) is -0.131. The molecule has 4 nitrogen and oxygen atoms in total. The molecule has 2 aromatic rings. The average Bonchev–Trinajstić information content (AvgIpc) is 2.97. The van der Waals surface area contributed by atoms with E-state index in [9.17, 15) is 4.79 Å². The van der Waals surface area contributed by atoms with Crippen LogP contribution in [0.25, 0.3) is 11.3 Å². The minimum atomic E-state index is -0.131. The molecule has 98 valence electrons. The highest BCUT2D eigenvalue weighted by Gasteiger charge is 2.30. The Morgan fingerprint density at radius 2 is 2.11 bits per heavy atom. The highest BCUT2D eigenvalue weighted by atomic mass is 79.9. The summed E-state index contributed by atoms with van der Waals surface area (Å²) in [5.74, 6) is 0.572. The maximum atomic E-state index is 11.8. The van der Waals surface area contributed by atoms with Gasteiger partial charge < -0.3 is 4.98 Å². The number of hydrogen-bond acceptors (Lipinski definition) is 2. The Balaban J connectivity index is 1.87. The molecule has 0 spiro atoms. The number of hydrogen-bond donors (Lipinski definition) is 1. The molecule has 1 amide bonds. The lowest BCUT2D eigenvalue weighted by Gasteiger charge is -2.11. The van der Waals surface area contributed by atoms with Gasteiger partial charge in [0.05, 0.1) is 17.3 Å². The van der Waals surface area contributed by atoms with E-state index in [2.05, 4.69) is 25.9 Å². The van der Waals surface area contributed by atoms with Gasteiger partial charge in [-0.1, -0.05) is 28.1 Å². The van der Waals surface area contributed by atoms with Gasteiger partial charge in [-0.05, 0) is 17.7 Å². The SMILES string of the molecule is O=C1CC(Cl)CN1c1ncc(-c2ccc(Br)cc2)[nH]1. The maximum Gasteiger partial charge on any atom is 0.230 e. The topological polar surface area (TPSA) is 49.0 Å². The van der Waals surface area contributed by atoms with Crippen molar-refractivity contribution in [2.24, 2.45) is 0 Å². The van der Waals surface area contributed by atoms with Crippen LogP contribution in [0.4, 0.5) is 5.95 Å². The number of carbonyl (C=O) groups excluding carboxylic acids is 1. The van der Waals surface area contributed by atoms with Crippen LogP contribution in [0.15, 0.2) is 34.9 Å². The van der Waals surface area contributed by atoms with Crippen molar-refractivity contribution in [3.8, 4) is 11.3 Å². The van der Waals surface area contributed by atoms with Crippen molar-refractivity contribution >= 4 is 39.4 Å². The number of nitrogens with zero attached hydrogens (tertiary/aromatic N) is 2. The lowest BCUT2D eigenvalue weighted by molar-refractivity contribution is -0.117. The van der Waals surface area contributed by atoms with Gasteiger partial charge >= 0.3 is 0 Å². The van der Waals surface area contributed by atoms with Crippen molar-refractivity contribution in [2.45, 2.75) is 11.8 Å². The Kier molecular flexibility index (Phi) is 3.33. The summed E-state index contributed by atoms with van der Waals surface area (Å²) in [5.41, 5.74) is 1.91. The molecule has 19 heavy (non-hydrogen) atoms. The average molecular weight is 341 g/mol. The molecule has 0 bridgehead atoms. The van der Waals surface area contributed by atoms with Crippen molar-refractivity contribution < 1.29 is 4.79 Å². The van der Waals surface area contributed by atoms with E-state index in [4.69, 9.17) is 11.6 Å². The van der Waals surface area contributed by atoms with Gasteiger partial charge in [0.1, 0.15) is 0 Å². The van der Waals surface area contributed by atoms with Crippen molar-refractivity contribution in [2.75, 3.05) is 11.4 Å². The molecule has 3 rings (SSSR count). The van der Waals surface area contributed by atoms with Gasteiger partial charge in [-0.3, -0.25) is 9.69 Å². The highest BCUT2D eigenvalue weighted by Crippen LogP contribution is 2.25. The molecule has 1 fully saturated rings. The quantitative estimate of drug-likeness (QED) is 0.854. The molecule has 1 saturated heterocycles. The summed E-state index contributed by atoms with van der Waals surface area (Å²) in [6, 6.07) is 7.90. The molecule has 1 aromatic heterocycles. The smallest absolute Gasteiger partial charge is 0.230 e. The molecule has 1 N–H and O–H groups in total. The molecule has 1 aromatic carbocycles. The van der Waals surface area contributed by atoms with Crippen LogP contribution in [0.5, 0.6) is 0 Å². The number of imidazole rings is 1. The van der Waals surface area contributed by atoms with Crippen LogP contribution >= 0.6 is 27.5 Å². The zero-order valence-corrected chi connectivity index (χ0v) is 12.3. The predicted octanol–water partition coefficient (Wildman–Crippen LogP) is 3.18. The third-order valence-electron chi connectivity index (χ3n) is 3.05. The maximum absolute atomic E-state index is 11.8. The van der Waals surface area contributed by atoms with E-state index < -0.39 is 0 Å². The molecule has 1 aliphatic heterocycles. The number of benzene rings is 1. The number of halogens is 2. The number of carbonyl (C=O) groups is 1. The van der Waals surface area contributed by atoms with Gasteiger partial charge in [-0.25, -0.2) is 4.98 Å². The lowest BCUT2D eigenvalue weighted by Crippen LogP contribution is -2.25. The minimum Gasteiger partial charge on any atom is -0.324 e. The first-order chi connectivity index (χ1) is 9.13. The first-order valence-electron chi connectivity index (χ1n) is 5.89. The van der Waals surface area contributed by atoms with E-state index in [0.29, 0.717) is 18.9 Å². The Labute approximate surface area is 123 Å². The fraction of sp³-hybridized carbons (Fsp3) is 0.231.